The summed E-state index contributed by atoms with van der Waals surface area (Å²) in [7, 11) is 0. The van der Waals surface area contributed by atoms with E-state index in [2.05, 4.69) is 0 Å². The third-order valence-electron chi connectivity index (χ3n) is 3.05. The first-order valence-corrected chi connectivity index (χ1v) is 7.57. The largest absolute Gasteiger partial charge is 0.484 e. The van der Waals surface area contributed by atoms with Crippen LogP contribution in [0.25, 0.3) is 0 Å². The van der Waals surface area contributed by atoms with Crippen molar-refractivity contribution < 1.29 is 27.6 Å². The Morgan fingerprint density at radius 1 is 1.15 bits per heavy atom. The minimum atomic E-state index is -4.89. The molecular formula is C15H9Cl2F3N2O4. The van der Waals surface area contributed by atoms with E-state index in [9.17, 15) is 28.1 Å². The van der Waals surface area contributed by atoms with Gasteiger partial charge in [-0.25, -0.2) is 0 Å². The number of non-ortho nitro benzene ring substituents is 1. The maximum absolute atomic E-state index is 13.0. The number of halogens is 5. The number of benzene rings is 2. The molecule has 0 spiro atoms. The molecule has 138 valence electrons. The van der Waals surface area contributed by atoms with Crippen LogP contribution in [0.2, 0.25) is 10.0 Å². The molecule has 2 aromatic carbocycles. The highest BCUT2D eigenvalue weighted by Gasteiger charge is 2.35. The molecule has 0 radical (unpaired) electrons. The number of nitro benzene ring substituents is 1. The molecule has 6 nitrogen and oxygen atoms in total. The number of nitro groups is 1. The van der Waals surface area contributed by atoms with Gasteiger partial charge in [0.15, 0.2) is 6.61 Å². The van der Waals surface area contributed by atoms with Crippen molar-refractivity contribution in [2.24, 2.45) is 0 Å². The molecule has 1 amide bonds. The van der Waals surface area contributed by atoms with Crippen LogP contribution >= 0.6 is 23.2 Å². The molecular weight excluding hydrogens is 400 g/mol. The van der Waals surface area contributed by atoms with Crippen molar-refractivity contribution >= 4 is 40.5 Å². The number of hydrogen-bond donors (Lipinski definition) is 1. The van der Waals surface area contributed by atoms with E-state index in [0.717, 1.165) is 12.1 Å². The van der Waals surface area contributed by atoms with Crippen molar-refractivity contribution in [1.29, 1.82) is 0 Å². The van der Waals surface area contributed by atoms with Crippen molar-refractivity contribution in [3.63, 3.8) is 0 Å². The normalized spacial score (nSPS) is 11.1. The molecule has 2 aromatic rings. The van der Waals surface area contributed by atoms with Crippen LogP contribution in [0.15, 0.2) is 36.4 Å². The Kier molecular flexibility index (Phi) is 5.94. The van der Waals surface area contributed by atoms with E-state index < -0.39 is 40.6 Å². The van der Waals surface area contributed by atoms with Gasteiger partial charge in [-0.05, 0) is 18.2 Å². The van der Waals surface area contributed by atoms with Gasteiger partial charge in [0.1, 0.15) is 5.75 Å². The molecule has 0 fully saturated rings. The fraction of sp³-hybridized carbons (Fsp3) is 0.133. The van der Waals surface area contributed by atoms with Gasteiger partial charge in [-0.2, -0.15) is 13.2 Å². The molecule has 0 unspecified atom stereocenters. The van der Waals surface area contributed by atoms with Crippen LogP contribution in [-0.2, 0) is 11.0 Å². The van der Waals surface area contributed by atoms with E-state index in [1.165, 1.54) is 18.2 Å². The van der Waals surface area contributed by atoms with Crippen LogP contribution in [0.5, 0.6) is 5.75 Å². The summed E-state index contributed by atoms with van der Waals surface area (Å²) in [5.41, 5.74) is -2.71. The average molecular weight is 409 g/mol. The average Bonchev–Trinajstić information content (AvgIpc) is 2.55. The van der Waals surface area contributed by atoms with Crippen molar-refractivity contribution in [1.82, 2.24) is 0 Å². The highest BCUT2D eigenvalue weighted by atomic mass is 35.5. The number of nitrogens with zero attached hydrogens (tertiary/aromatic N) is 1. The Morgan fingerprint density at radius 2 is 1.85 bits per heavy atom. The third kappa shape index (κ3) is 4.99. The number of carbonyl (C=O) groups excluding carboxylic acids is 1. The van der Waals surface area contributed by atoms with Crippen molar-refractivity contribution in [2.45, 2.75) is 6.18 Å². The Balaban J connectivity index is 2.12. The van der Waals surface area contributed by atoms with Gasteiger partial charge in [-0.1, -0.05) is 23.2 Å². The Bertz CT molecular complexity index is 859. The van der Waals surface area contributed by atoms with Crippen LogP contribution in [-0.4, -0.2) is 17.4 Å². The molecule has 0 heterocycles. The van der Waals surface area contributed by atoms with E-state index in [-0.39, 0.29) is 15.8 Å². The summed E-state index contributed by atoms with van der Waals surface area (Å²) in [5.74, 6) is -0.704. The summed E-state index contributed by atoms with van der Waals surface area (Å²) in [6, 6.07) is 6.19. The molecule has 0 saturated carbocycles. The first-order chi connectivity index (χ1) is 12.1. The van der Waals surface area contributed by atoms with E-state index in [4.69, 9.17) is 27.9 Å². The van der Waals surface area contributed by atoms with E-state index in [1.54, 1.807) is 0 Å². The maximum Gasteiger partial charge on any atom is 0.418 e. The first-order valence-electron chi connectivity index (χ1n) is 6.81. The minimum absolute atomic E-state index is 0.180. The molecule has 1 N–H and O–H groups in total. The Labute approximate surface area is 154 Å². The van der Waals surface area contributed by atoms with Crippen LogP contribution in [0, 0.1) is 10.1 Å². The lowest BCUT2D eigenvalue weighted by atomic mass is 10.1. The second-order valence-electron chi connectivity index (χ2n) is 4.90. The number of amides is 1. The highest BCUT2D eigenvalue weighted by Crippen LogP contribution is 2.37. The minimum Gasteiger partial charge on any atom is -0.484 e. The second kappa shape index (κ2) is 7.79. The summed E-state index contributed by atoms with van der Waals surface area (Å²) >= 11 is 11.5. The van der Waals surface area contributed by atoms with Crippen molar-refractivity contribution in [3.05, 3.63) is 62.1 Å². The van der Waals surface area contributed by atoms with E-state index in [1.807, 2.05) is 5.32 Å². The fourth-order valence-corrected chi connectivity index (χ4v) is 2.18. The topological polar surface area (TPSA) is 81.5 Å². The van der Waals surface area contributed by atoms with Crippen LogP contribution in [0.3, 0.4) is 0 Å². The predicted octanol–water partition coefficient (Wildman–Crippen LogP) is 4.94. The van der Waals surface area contributed by atoms with Crippen LogP contribution in [0.1, 0.15) is 5.56 Å². The zero-order valence-electron chi connectivity index (χ0n) is 12.6. The molecule has 11 heteroatoms. The maximum atomic E-state index is 13.0. The van der Waals surface area contributed by atoms with Gasteiger partial charge in [0, 0.05) is 18.2 Å². The van der Waals surface area contributed by atoms with Gasteiger partial charge in [0.2, 0.25) is 0 Å². The number of carbonyl (C=O) groups is 1. The number of hydrogen-bond acceptors (Lipinski definition) is 4. The van der Waals surface area contributed by atoms with E-state index >= 15 is 0 Å². The molecule has 2 rings (SSSR count). The fourth-order valence-electron chi connectivity index (χ4n) is 1.89. The van der Waals surface area contributed by atoms with Crippen LogP contribution in [0.4, 0.5) is 24.5 Å². The molecule has 0 aliphatic heterocycles. The lowest BCUT2D eigenvalue weighted by Gasteiger charge is -2.14. The molecule has 26 heavy (non-hydrogen) atoms. The highest BCUT2D eigenvalue weighted by molar-refractivity contribution is 6.42. The SMILES string of the molecule is O=C(COc1ccc(Cl)c(Cl)c1)Nc1ccc([N+](=O)[O-])cc1C(F)(F)F. The zero-order valence-corrected chi connectivity index (χ0v) is 14.2. The molecule has 0 bridgehead atoms. The quantitative estimate of drug-likeness (QED) is 0.561. The number of rotatable bonds is 5. The lowest BCUT2D eigenvalue weighted by molar-refractivity contribution is -0.385. The number of ether oxygens (including phenoxy) is 1. The number of nitrogens with one attached hydrogen (secondary N) is 1. The standard InChI is InChI=1S/C15H9Cl2F3N2O4/c16-11-3-2-9(6-12(11)17)26-7-14(23)21-13-4-1-8(22(24)25)5-10(13)15(18,19)20/h1-6H,7H2,(H,21,23). The van der Waals surface area contributed by atoms with Gasteiger partial charge >= 0.3 is 6.18 Å². The lowest BCUT2D eigenvalue weighted by Crippen LogP contribution is -2.22. The molecule has 0 aromatic heterocycles. The summed E-state index contributed by atoms with van der Waals surface area (Å²) in [5, 5.41) is 13.1. The second-order valence-corrected chi connectivity index (χ2v) is 5.71. The van der Waals surface area contributed by atoms with Gasteiger partial charge < -0.3 is 10.1 Å². The van der Waals surface area contributed by atoms with Gasteiger partial charge in [-0.3, -0.25) is 14.9 Å². The first kappa shape index (κ1) is 19.8. The van der Waals surface area contributed by atoms with Crippen molar-refractivity contribution in [2.75, 3.05) is 11.9 Å². The number of alkyl halides is 3. The summed E-state index contributed by atoms with van der Waals surface area (Å²) in [6.07, 6.45) is -4.89. The van der Waals surface area contributed by atoms with Crippen molar-refractivity contribution in [3.8, 4) is 5.75 Å². The summed E-state index contributed by atoms with van der Waals surface area (Å²) < 4.78 is 44.2. The zero-order chi connectivity index (χ0) is 19.5. The van der Waals surface area contributed by atoms with Gasteiger partial charge in [0.25, 0.3) is 11.6 Å². The monoisotopic (exact) mass is 408 g/mol. The Hall–Kier alpha value is -2.52. The molecule has 0 atom stereocenters. The summed E-state index contributed by atoms with van der Waals surface area (Å²) in [4.78, 5) is 21.5. The molecule has 0 aliphatic carbocycles. The van der Waals surface area contributed by atoms with Crippen LogP contribution < -0.4 is 10.1 Å². The molecule has 0 aliphatic rings. The van der Waals surface area contributed by atoms with Gasteiger partial charge in [0.05, 0.1) is 26.2 Å². The van der Waals surface area contributed by atoms with E-state index in [0.29, 0.717) is 6.07 Å². The predicted molar refractivity (Wildman–Crippen MR) is 88.7 cm³/mol. The van der Waals surface area contributed by atoms with Gasteiger partial charge in [-0.15, -0.1) is 0 Å². The third-order valence-corrected chi connectivity index (χ3v) is 3.79. The smallest absolute Gasteiger partial charge is 0.418 e. The summed E-state index contributed by atoms with van der Waals surface area (Å²) in [6.45, 7) is -0.605. The number of anilines is 1. The molecule has 0 saturated heterocycles. The Morgan fingerprint density at radius 3 is 2.42 bits per heavy atom.